The van der Waals surface area contributed by atoms with Gasteiger partial charge in [0.05, 0.1) is 0 Å². The molecule has 0 saturated heterocycles. The molecule has 0 unspecified atom stereocenters. The second kappa shape index (κ2) is 9.21. The van der Waals surface area contributed by atoms with E-state index in [0.717, 1.165) is 0 Å². The summed E-state index contributed by atoms with van der Waals surface area (Å²) >= 11 is 2.42. The van der Waals surface area contributed by atoms with Crippen molar-refractivity contribution in [1.82, 2.24) is 10.6 Å². The molecule has 2 N–H and O–H groups in total. The number of nitrogens with one attached hydrogen (secondary N) is 2. The Morgan fingerprint density at radius 1 is 0.929 bits per heavy atom. The minimum Gasteiger partial charge on any atom is -0.347 e. The second-order valence-corrected chi connectivity index (χ2v) is 4.47. The van der Waals surface area contributed by atoms with E-state index in [1.54, 1.807) is 0 Å². The number of thioether (sulfide) groups is 2. The summed E-state index contributed by atoms with van der Waals surface area (Å²) in [6, 6.07) is 0. The Balaban J connectivity index is 3.28. The van der Waals surface area contributed by atoms with Gasteiger partial charge in [0.1, 0.15) is 0 Å². The molecule has 0 heterocycles. The van der Waals surface area contributed by atoms with Crippen LogP contribution in [0.3, 0.4) is 0 Å². The molecule has 0 aliphatic carbocycles. The highest BCUT2D eigenvalue weighted by Crippen LogP contribution is 2.07. The molecule has 14 heavy (non-hydrogen) atoms. The molecule has 0 aromatic carbocycles. The molecule has 0 aliphatic heterocycles. The summed E-state index contributed by atoms with van der Waals surface area (Å²) in [6.07, 6.45) is 0. The lowest BCUT2D eigenvalue weighted by Gasteiger charge is -2.01. The molecule has 0 saturated carbocycles. The van der Waals surface area contributed by atoms with Gasteiger partial charge in [-0.25, -0.2) is 0 Å². The van der Waals surface area contributed by atoms with Crippen molar-refractivity contribution in [3.8, 4) is 0 Å². The van der Waals surface area contributed by atoms with Crippen molar-refractivity contribution in [3.05, 3.63) is 0 Å². The van der Waals surface area contributed by atoms with Crippen LogP contribution in [0.2, 0.25) is 0 Å². The Morgan fingerprint density at radius 2 is 1.29 bits per heavy atom. The van der Waals surface area contributed by atoms with E-state index >= 15 is 0 Å². The summed E-state index contributed by atoms with van der Waals surface area (Å²) in [4.78, 5) is 21.9. The molecule has 0 aromatic heterocycles. The zero-order valence-electron chi connectivity index (χ0n) is 8.46. The fourth-order valence-corrected chi connectivity index (χ4v) is 2.19. The molecule has 0 aromatic rings. The molecule has 2 amide bonds. The SMILES string of the molecule is CCNC(=O)SCCSC(=O)NCC. The first-order valence-electron chi connectivity index (χ1n) is 4.52. The van der Waals surface area contributed by atoms with Gasteiger partial charge >= 0.3 is 0 Å². The maximum atomic E-state index is 11.0. The van der Waals surface area contributed by atoms with Crippen LogP contribution in [0.25, 0.3) is 0 Å². The lowest BCUT2D eigenvalue weighted by Crippen LogP contribution is -2.19. The van der Waals surface area contributed by atoms with Crippen molar-refractivity contribution in [2.45, 2.75) is 13.8 Å². The average Bonchev–Trinajstić information content (AvgIpc) is 2.13. The van der Waals surface area contributed by atoms with Gasteiger partial charge in [-0.05, 0) is 13.8 Å². The van der Waals surface area contributed by atoms with E-state index in [9.17, 15) is 9.59 Å². The fourth-order valence-electron chi connectivity index (χ4n) is 0.659. The van der Waals surface area contributed by atoms with Crippen LogP contribution in [0.5, 0.6) is 0 Å². The number of rotatable bonds is 5. The zero-order chi connectivity index (χ0) is 10.8. The standard InChI is InChI=1S/C8H16N2O2S2/c1-3-9-7(11)13-5-6-14-8(12)10-4-2/h3-6H2,1-2H3,(H,9,11)(H,10,12). The topological polar surface area (TPSA) is 58.2 Å². The molecule has 0 fully saturated rings. The van der Waals surface area contributed by atoms with E-state index < -0.39 is 0 Å². The molecular weight excluding hydrogens is 220 g/mol. The minimum absolute atomic E-state index is 0.0241. The molecule has 0 radical (unpaired) electrons. The molecule has 0 rings (SSSR count). The van der Waals surface area contributed by atoms with Crippen molar-refractivity contribution in [1.29, 1.82) is 0 Å². The van der Waals surface area contributed by atoms with Crippen LogP contribution < -0.4 is 10.6 Å². The van der Waals surface area contributed by atoms with Crippen LogP contribution in [0.1, 0.15) is 13.8 Å². The van der Waals surface area contributed by atoms with E-state index in [-0.39, 0.29) is 10.5 Å². The van der Waals surface area contributed by atoms with Crippen LogP contribution in [-0.4, -0.2) is 35.1 Å². The van der Waals surface area contributed by atoms with Gasteiger partial charge in [0.15, 0.2) is 0 Å². The summed E-state index contributed by atoms with van der Waals surface area (Å²) in [5.74, 6) is 1.32. The molecule has 4 nitrogen and oxygen atoms in total. The summed E-state index contributed by atoms with van der Waals surface area (Å²) in [5.41, 5.74) is 0. The molecule has 6 heteroatoms. The summed E-state index contributed by atoms with van der Waals surface area (Å²) < 4.78 is 0. The highest BCUT2D eigenvalue weighted by Gasteiger charge is 2.02. The normalized spacial score (nSPS) is 9.57. The van der Waals surface area contributed by atoms with Crippen molar-refractivity contribution >= 4 is 34.0 Å². The number of hydrogen-bond donors (Lipinski definition) is 2. The van der Waals surface area contributed by atoms with Gasteiger partial charge in [0.2, 0.25) is 0 Å². The van der Waals surface area contributed by atoms with Crippen molar-refractivity contribution in [2.75, 3.05) is 24.6 Å². The highest BCUT2D eigenvalue weighted by molar-refractivity contribution is 8.16. The third-order valence-corrected chi connectivity index (χ3v) is 3.08. The highest BCUT2D eigenvalue weighted by atomic mass is 32.2. The second-order valence-electron chi connectivity index (χ2n) is 2.33. The number of carbonyl (C=O) groups is 2. The maximum absolute atomic E-state index is 11.0. The summed E-state index contributed by atoms with van der Waals surface area (Å²) in [7, 11) is 0. The summed E-state index contributed by atoms with van der Waals surface area (Å²) in [6.45, 7) is 5.05. The monoisotopic (exact) mass is 236 g/mol. The Bertz CT molecular complexity index is 168. The largest absolute Gasteiger partial charge is 0.347 e. The molecule has 0 bridgehead atoms. The zero-order valence-corrected chi connectivity index (χ0v) is 10.1. The number of carbonyl (C=O) groups excluding carboxylic acids is 2. The average molecular weight is 236 g/mol. The van der Waals surface area contributed by atoms with E-state index in [1.807, 2.05) is 13.8 Å². The molecular formula is C8H16N2O2S2. The fraction of sp³-hybridized carbons (Fsp3) is 0.750. The Hall–Kier alpha value is -0.360. The molecule has 0 aliphatic rings. The molecule has 82 valence electrons. The smallest absolute Gasteiger partial charge is 0.279 e. The van der Waals surface area contributed by atoms with Crippen molar-refractivity contribution in [2.24, 2.45) is 0 Å². The van der Waals surface area contributed by atoms with Gasteiger partial charge in [0, 0.05) is 24.6 Å². The Labute approximate surface area is 93.0 Å². The predicted octanol–water partition coefficient (Wildman–Crippen LogP) is 1.91. The van der Waals surface area contributed by atoms with E-state index in [0.29, 0.717) is 24.6 Å². The van der Waals surface area contributed by atoms with E-state index in [4.69, 9.17) is 0 Å². The first kappa shape index (κ1) is 13.6. The van der Waals surface area contributed by atoms with Gasteiger partial charge in [-0.3, -0.25) is 9.59 Å². The predicted molar refractivity (Wildman–Crippen MR) is 63.1 cm³/mol. The van der Waals surface area contributed by atoms with Crippen LogP contribution in [0.4, 0.5) is 9.59 Å². The molecule has 0 atom stereocenters. The maximum Gasteiger partial charge on any atom is 0.279 e. The first-order valence-corrected chi connectivity index (χ1v) is 6.49. The van der Waals surface area contributed by atoms with Gasteiger partial charge in [-0.15, -0.1) is 0 Å². The number of hydrogen-bond acceptors (Lipinski definition) is 4. The van der Waals surface area contributed by atoms with Gasteiger partial charge in [0.25, 0.3) is 10.5 Å². The molecule has 0 spiro atoms. The van der Waals surface area contributed by atoms with E-state index in [2.05, 4.69) is 10.6 Å². The Kier molecular flexibility index (Phi) is 8.97. The number of amides is 2. The van der Waals surface area contributed by atoms with Crippen LogP contribution >= 0.6 is 23.5 Å². The third-order valence-electron chi connectivity index (χ3n) is 1.19. The van der Waals surface area contributed by atoms with Crippen molar-refractivity contribution < 1.29 is 9.59 Å². The summed E-state index contributed by atoms with van der Waals surface area (Å²) in [5, 5.41) is 5.30. The van der Waals surface area contributed by atoms with Gasteiger partial charge < -0.3 is 10.6 Å². The lowest BCUT2D eigenvalue weighted by atomic mass is 10.8. The van der Waals surface area contributed by atoms with Crippen LogP contribution in [0.15, 0.2) is 0 Å². The van der Waals surface area contributed by atoms with E-state index in [1.165, 1.54) is 23.5 Å². The minimum atomic E-state index is -0.0241. The van der Waals surface area contributed by atoms with Crippen LogP contribution in [-0.2, 0) is 0 Å². The van der Waals surface area contributed by atoms with Crippen molar-refractivity contribution in [3.63, 3.8) is 0 Å². The lowest BCUT2D eigenvalue weighted by molar-refractivity contribution is 0.260. The van der Waals surface area contributed by atoms with Gasteiger partial charge in [-0.1, -0.05) is 23.5 Å². The first-order chi connectivity index (χ1) is 6.70. The third kappa shape index (κ3) is 8.25. The Morgan fingerprint density at radius 3 is 1.57 bits per heavy atom. The van der Waals surface area contributed by atoms with Gasteiger partial charge in [-0.2, -0.15) is 0 Å². The quantitative estimate of drug-likeness (QED) is 0.716. The van der Waals surface area contributed by atoms with Crippen LogP contribution in [0, 0.1) is 0 Å².